The van der Waals surface area contributed by atoms with E-state index in [0.717, 1.165) is 32.4 Å². The molecule has 0 bridgehead atoms. The summed E-state index contributed by atoms with van der Waals surface area (Å²) in [5.41, 5.74) is 0. The zero-order valence-electron chi connectivity index (χ0n) is 10.2. The Morgan fingerprint density at radius 2 is 1.53 bits per heavy atom. The van der Waals surface area contributed by atoms with Gasteiger partial charge in [0.25, 0.3) is 0 Å². The van der Waals surface area contributed by atoms with E-state index in [9.17, 15) is 9.59 Å². The number of carbonyl (C=O) groups is 2. The fourth-order valence-electron chi connectivity index (χ4n) is 2.98. The Bertz CT molecular complexity index is 295. The van der Waals surface area contributed by atoms with Crippen LogP contribution in [-0.2, 0) is 9.59 Å². The third kappa shape index (κ3) is 2.99. The van der Waals surface area contributed by atoms with Gasteiger partial charge in [-0.3, -0.25) is 9.59 Å². The normalized spacial score (nSPS) is 30.0. The van der Waals surface area contributed by atoms with Gasteiger partial charge in [0.1, 0.15) is 0 Å². The van der Waals surface area contributed by atoms with Crippen molar-refractivity contribution in [1.29, 1.82) is 0 Å². The first-order chi connectivity index (χ1) is 8.18. The Balaban J connectivity index is 1.89. The zero-order chi connectivity index (χ0) is 12.3. The first-order valence-corrected chi connectivity index (χ1v) is 6.70. The molecule has 0 radical (unpaired) electrons. The molecule has 0 aromatic rings. The van der Waals surface area contributed by atoms with Gasteiger partial charge in [-0.05, 0) is 32.1 Å². The highest BCUT2D eigenvalue weighted by molar-refractivity contribution is 5.81. The van der Waals surface area contributed by atoms with E-state index in [1.54, 1.807) is 0 Å². The van der Waals surface area contributed by atoms with Gasteiger partial charge < -0.3 is 10.0 Å². The van der Waals surface area contributed by atoms with Crippen molar-refractivity contribution in [2.24, 2.45) is 11.8 Å². The van der Waals surface area contributed by atoms with Gasteiger partial charge in [0.05, 0.1) is 5.92 Å². The number of rotatable bonds is 2. The first-order valence-electron chi connectivity index (χ1n) is 6.70. The number of carboxylic acid groups (broad SMARTS) is 1. The predicted octanol–water partition coefficient (Wildman–Crippen LogP) is 1.89. The third-order valence-corrected chi connectivity index (χ3v) is 4.05. The number of hydrogen-bond donors (Lipinski definition) is 1. The topological polar surface area (TPSA) is 57.6 Å². The van der Waals surface area contributed by atoms with Crippen LogP contribution in [0.5, 0.6) is 0 Å². The molecule has 4 nitrogen and oxygen atoms in total. The van der Waals surface area contributed by atoms with Crippen LogP contribution >= 0.6 is 0 Å². The van der Waals surface area contributed by atoms with Gasteiger partial charge in [0, 0.05) is 19.0 Å². The average molecular weight is 239 g/mol. The number of likely N-dealkylation sites (tertiary alicyclic amines) is 1. The third-order valence-electron chi connectivity index (χ3n) is 4.05. The lowest BCUT2D eigenvalue weighted by Gasteiger charge is -2.23. The summed E-state index contributed by atoms with van der Waals surface area (Å²) < 4.78 is 0. The molecular weight excluding hydrogens is 218 g/mol. The largest absolute Gasteiger partial charge is 0.481 e. The Morgan fingerprint density at radius 3 is 2.06 bits per heavy atom. The minimum Gasteiger partial charge on any atom is -0.481 e. The summed E-state index contributed by atoms with van der Waals surface area (Å²) in [6, 6.07) is 0. The summed E-state index contributed by atoms with van der Waals surface area (Å²) in [4.78, 5) is 25.1. The first kappa shape index (κ1) is 12.4. The molecule has 17 heavy (non-hydrogen) atoms. The van der Waals surface area contributed by atoms with Crippen LogP contribution in [0.1, 0.15) is 44.9 Å². The molecule has 0 aromatic heterocycles. The van der Waals surface area contributed by atoms with E-state index >= 15 is 0 Å². The smallest absolute Gasteiger partial charge is 0.306 e. The van der Waals surface area contributed by atoms with Crippen molar-refractivity contribution < 1.29 is 14.7 Å². The molecule has 96 valence electrons. The van der Waals surface area contributed by atoms with E-state index in [4.69, 9.17) is 5.11 Å². The molecule has 1 N–H and O–H groups in total. The molecule has 2 unspecified atom stereocenters. The number of aliphatic carboxylic acids is 1. The molecule has 2 atom stereocenters. The molecule has 4 heteroatoms. The Kier molecular flexibility index (Phi) is 4.02. The fourth-order valence-corrected chi connectivity index (χ4v) is 2.98. The number of carboxylic acids is 1. The molecule has 0 aromatic carbocycles. The summed E-state index contributed by atoms with van der Waals surface area (Å²) in [5.74, 6) is -0.864. The quantitative estimate of drug-likeness (QED) is 0.800. The van der Waals surface area contributed by atoms with Crippen molar-refractivity contribution in [3.63, 3.8) is 0 Å². The maximum Gasteiger partial charge on any atom is 0.306 e. The number of hydrogen-bond acceptors (Lipinski definition) is 2. The highest BCUT2D eigenvalue weighted by Crippen LogP contribution is 2.32. The van der Waals surface area contributed by atoms with Crippen LogP contribution in [0.4, 0.5) is 0 Å². The zero-order valence-corrected chi connectivity index (χ0v) is 10.2. The summed E-state index contributed by atoms with van der Waals surface area (Å²) in [6.07, 6.45) is 6.59. The predicted molar refractivity (Wildman–Crippen MR) is 63.5 cm³/mol. The lowest BCUT2D eigenvalue weighted by Crippen LogP contribution is -2.36. The van der Waals surface area contributed by atoms with Crippen LogP contribution in [0.15, 0.2) is 0 Å². The minimum atomic E-state index is -0.740. The molecule has 1 aliphatic carbocycles. The molecule has 2 rings (SSSR count). The van der Waals surface area contributed by atoms with E-state index in [2.05, 4.69) is 0 Å². The maximum absolute atomic E-state index is 12.3. The van der Waals surface area contributed by atoms with Gasteiger partial charge in [-0.15, -0.1) is 0 Å². The average Bonchev–Trinajstić information content (AvgIpc) is 2.65. The minimum absolute atomic E-state index is 0.0331. The van der Waals surface area contributed by atoms with E-state index in [1.165, 1.54) is 12.8 Å². The second-order valence-corrected chi connectivity index (χ2v) is 5.28. The van der Waals surface area contributed by atoms with E-state index in [0.29, 0.717) is 12.8 Å². The highest BCUT2D eigenvalue weighted by atomic mass is 16.4. The second kappa shape index (κ2) is 5.52. The summed E-state index contributed by atoms with van der Waals surface area (Å²) >= 11 is 0. The number of carbonyl (C=O) groups excluding carboxylic acids is 1. The monoisotopic (exact) mass is 239 g/mol. The highest BCUT2D eigenvalue weighted by Gasteiger charge is 2.35. The number of nitrogens with zero attached hydrogens (tertiary/aromatic N) is 1. The molecular formula is C13H21NO3. The summed E-state index contributed by atoms with van der Waals surface area (Å²) in [7, 11) is 0. The van der Waals surface area contributed by atoms with Crippen molar-refractivity contribution in [3.8, 4) is 0 Å². The van der Waals surface area contributed by atoms with Crippen molar-refractivity contribution in [1.82, 2.24) is 4.90 Å². The van der Waals surface area contributed by atoms with Crippen LogP contribution in [0.3, 0.4) is 0 Å². The van der Waals surface area contributed by atoms with Gasteiger partial charge in [-0.2, -0.15) is 0 Å². The fraction of sp³-hybridized carbons (Fsp3) is 0.846. The van der Waals surface area contributed by atoms with Gasteiger partial charge in [0.2, 0.25) is 5.91 Å². The van der Waals surface area contributed by atoms with Crippen LogP contribution in [-0.4, -0.2) is 35.0 Å². The summed E-state index contributed by atoms with van der Waals surface area (Å²) in [6.45, 7) is 1.74. The van der Waals surface area contributed by atoms with Crippen molar-refractivity contribution in [3.05, 3.63) is 0 Å². The standard InChI is InChI=1S/C13H21NO3/c15-12(14-7-3-1-2-4-8-14)10-5-6-11(9-10)13(16)17/h10-11H,1-9H2,(H,16,17). The van der Waals surface area contributed by atoms with Crippen molar-refractivity contribution in [2.75, 3.05) is 13.1 Å². The molecule has 1 amide bonds. The van der Waals surface area contributed by atoms with E-state index < -0.39 is 5.97 Å². The van der Waals surface area contributed by atoms with Crippen molar-refractivity contribution in [2.45, 2.75) is 44.9 Å². The van der Waals surface area contributed by atoms with Gasteiger partial charge in [0.15, 0.2) is 0 Å². The molecule has 1 heterocycles. The lowest BCUT2D eigenvalue weighted by molar-refractivity contribution is -0.141. The Labute approximate surface area is 102 Å². The molecule has 2 aliphatic rings. The maximum atomic E-state index is 12.3. The van der Waals surface area contributed by atoms with Crippen LogP contribution in [0.25, 0.3) is 0 Å². The van der Waals surface area contributed by atoms with Gasteiger partial charge >= 0.3 is 5.97 Å². The van der Waals surface area contributed by atoms with Gasteiger partial charge in [-0.25, -0.2) is 0 Å². The molecule has 1 aliphatic heterocycles. The Morgan fingerprint density at radius 1 is 0.941 bits per heavy atom. The lowest BCUT2D eigenvalue weighted by atomic mass is 10.0. The molecule has 0 spiro atoms. The number of amides is 1. The van der Waals surface area contributed by atoms with Gasteiger partial charge in [-0.1, -0.05) is 12.8 Å². The Hall–Kier alpha value is -1.06. The van der Waals surface area contributed by atoms with Crippen LogP contribution in [0, 0.1) is 11.8 Å². The molecule has 2 fully saturated rings. The SMILES string of the molecule is O=C(O)C1CCC(C(=O)N2CCCCCC2)C1. The molecule has 1 saturated carbocycles. The molecule has 1 saturated heterocycles. The van der Waals surface area contributed by atoms with Crippen LogP contribution in [0.2, 0.25) is 0 Å². The van der Waals surface area contributed by atoms with E-state index in [-0.39, 0.29) is 17.7 Å². The van der Waals surface area contributed by atoms with Crippen LogP contribution < -0.4 is 0 Å². The second-order valence-electron chi connectivity index (χ2n) is 5.28. The van der Waals surface area contributed by atoms with E-state index in [1.807, 2.05) is 4.90 Å². The summed E-state index contributed by atoms with van der Waals surface area (Å²) in [5, 5.41) is 8.94. The van der Waals surface area contributed by atoms with Crippen molar-refractivity contribution >= 4 is 11.9 Å².